The Labute approximate surface area is 162 Å². The van der Waals surface area contributed by atoms with E-state index in [1.807, 2.05) is 35.2 Å². The fourth-order valence-corrected chi connectivity index (χ4v) is 3.32. The van der Waals surface area contributed by atoms with E-state index in [-0.39, 0.29) is 11.7 Å². The number of rotatable bonds is 4. The fourth-order valence-electron chi connectivity index (χ4n) is 3.32. The molecule has 144 valence electrons. The highest BCUT2D eigenvalue weighted by atomic mass is 19.1. The first-order chi connectivity index (χ1) is 13.7. The van der Waals surface area contributed by atoms with Crippen molar-refractivity contribution < 1.29 is 13.7 Å². The van der Waals surface area contributed by atoms with Gasteiger partial charge in [-0.1, -0.05) is 23.4 Å². The molecular weight excluding hydrogens is 359 g/mol. The minimum absolute atomic E-state index is 0.0684. The summed E-state index contributed by atoms with van der Waals surface area (Å²) in [6.45, 7) is 3.52. The van der Waals surface area contributed by atoms with Crippen molar-refractivity contribution in [1.82, 2.24) is 19.9 Å². The van der Waals surface area contributed by atoms with Gasteiger partial charge in [0, 0.05) is 37.3 Å². The summed E-state index contributed by atoms with van der Waals surface area (Å²) in [6.07, 6.45) is 0.886. The highest BCUT2D eigenvalue weighted by molar-refractivity contribution is 5.94. The first-order valence-corrected chi connectivity index (χ1v) is 9.34. The molecule has 2 heterocycles. The number of amides is 1. The van der Waals surface area contributed by atoms with Gasteiger partial charge in [0.05, 0.1) is 6.54 Å². The van der Waals surface area contributed by atoms with Gasteiger partial charge >= 0.3 is 0 Å². The smallest absolute Gasteiger partial charge is 0.253 e. The van der Waals surface area contributed by atoms with Gasteiger partial charge in [-0.3, -0.25) is 9.69 Å². The van der Waals surface area contributed by atoms with Gasteiger partial charge in [-0.05, 0) is 42.8 Å². The van der Waals surface area contributed by atoms with Crippen LogP contribution in [0, 0.1) is 5.82 Å². The van der Waals surface area contributed by atoms with Crippen LogP contribution in [0.3, 0.4) is 0 Å². The summed E-state index contributed by atoms with van der Waals surface area (Å²) in [5, 5.41) is 3.99. The lowest BCUT2D eigenvalue weighted by molar-refractivity contribution is 0.0760. The molecule has 1 fully saturated rings. The number of carbonyl (C=O) groups excluding carboxylic acids is 1. The van der Waals surface area contributed by atoms with Crippen LogP contribution in [-0.4, -0.2) is 52.0 Å². The van der Waals surface area contributed by atoms with Crippen LogP contribution < -0.4 is 0 Å². The summed E-state index contributed by atoms with van der Waals surface area (Å²) in [5.74, 6) is 0.735. The van der Waals surface area contributed by atoms with E-state index in [0.717, 1.165) is 31.6 Å². The van der Waals surface area contributed by atoms with Crippen LogP contribution in [0.15, 0.2) is 59.1 Å². The molecule has 0 unspecified atom stereocenters. The summed E-state index contributed by atoms with van der Waals surface area (Å²) in [4.78, 5) is 21.2. The Morgan fingerprint density at radius 2 is 1.79 bits per heavy atom. The van der Waals surface area contributed by atoms with Gasteiger partial charge in [0.15, 0.2) is 0 Å². The average molecular weight is 380 g/mol. The topological polar surface area (TPSA) is 62.5 Å². The lowest BCUT2D eigenvalue weighted by Crippen LogP contribution is -2.35. The van der Waals surface area contributed by atoms with E-state index in [2.05, 4.69) is 15.0 Å². The lowest BCUT2D eigenvalue weighted by atomic mass is 10.2. The van der Waals surface area contributed by atoms with Crippen LogP contribution in [0.25, 0.3) is 11.4 Å². The third-order valence-corrected chi connectivity index (χ3v) is 4.83. The van der Waals surface area contributed by atoms with Gasteiger partial charge in [-0.15, -0.1) is 0 Å². The van der Waals surface area contributed by atoms with E-state index in [4.69, 9.17) is 4.52 Å². The van der Waals surface area contributed by atoms with E-state index >= 15 is 0 Å². The second-order valence-electron chi connectivity index (χ2n) is 6.81. The van der Waals surface area contributed by atoms with Crippen molar-refractivity contribution in [2.75, 3.05) is 26.2 Å². The van der Waals surface area contributed by atoms with Crippen LogP contribution in [0.4, 0.5) is 4.39 Å². The van der Waals surface area contributed by atoms with E-state index < -0.39 is 0 Å². The predicted molar refractivity (Wildman–Crippen MR) is 102 cm³/mol. The maximum atomic E-state index is 13.1. The third-order valence-electron chi connectivity index (χ3n) is 4.83. The molecule has 1 amide bonds. The molecule has 0 N–H and O–H groups in total. The summed E-state index contributed by atoms with van der Waals surface area (Å²) in [7, 11) is 0. The Bertz CT molecular complexity index is 927. The molecule has 0 aliphatic carbocycles. The summed E-state index contributed by atoms with van der Waals surface area (Å²) in [5.41, 5.74) is 1.43. The van der Waals surface area contributed by atoms with Crippen LogP contribution in [0.2, 0.25) is 0 Å². The lowest BCUT2D eigenvalue weighted by Gasteiger charge is -2.21. The monoisotopic (exact) mass is 380 g/mol. The van der Waals surface area contributed by atoms with Crippen molar-refractivity contribution in [1.29, 1.82) is 0 Å². The standard InChI is InChI=1S/C21H21FN4O2/c22-18-9-7-16(8-10-18)20-23-19(28-24-20)15-25-11-4-12-26(14-13-25)21(27)17-5-2-1-3-6-17/h1-3,5-10H,4,11-15H2. The Balaban J connectivity index is 1.36. The molecule has 6 nitrogen and oxygen atoms in total. The Hall–Kier alpha value is -3.06. The van der Waals surface area contributed by atoms with Crippen LogP contribution in [0.1, 0.15) is 22.7 Å². The van der Waals surface area contributed by atoms with Crippen molar-refractivity contribution >= 4 is 5.91 Å². The second kappa shape index (κ2) is 8.31. The second-order valence-corrected chi connectivity index (χ2v) is 6.81. The SMILES string of the molecule is O=C(c1ccccc1)N1CCCN(Cc2nc(-c3ccc(F)cc3)no2)CC1. The van der Waals surface area contributed by atoms with Gasteiger partial charge in [0.25, 0.3) is 5.91 Å². The summed E-state index contributed by atoms with van der Waals surface area (Å²) in [6, 6.07) is 15.4. The zero-order valence-corrected chi connectivity index (χ0v) is 15.4. The molecule has 28 heavy (non-hydrogen) atoms. The third kappa shape index (κ3) is 4.26. The first-order valence-electron chi connectivity index (χ1n) is 9.34. The highest BCUT2D eigenvalue weighted by Crippen LogP contribution is 2.17. The van der Waals surface area contributed by atoms with Crippen molar-refractivity contribution in [2.45, 2.75) is 13.0 Å². The number of nitrogens with zero attached hydrogens (tertiary/aromatic N) is 4. The molecule has 1 aliphatic rings. The van der Waals surface area contributed by atoms with Crippen LogP contribution >= 0.6 is 0 Å². The van der Waals surface area contributed by atoms with E-state index in [1.165, 1.54) is 12.1 Å². The van der Waals surface area contributed by atoms with Gasteiger partial charge in [-0.2, -0.15) is 4.98 Å². The van der Waals surface area contributed by atoms with Gasteiger partial charge in [0.1, 0.15) is 5.82 Å². The molecule has 1 saturated heterocycles. The Morgan fingerprint density at radius 3 is 2.57 bits per heavy atom. The van der Waals surface area contributed by atoms with Crippen LogP contribution in [-0.2, 0) is 6.54 Å². The molecule has 7 heteroatoms. The largest absolute Gasteiger partial charge is 0.338 e. The summed E-state index contributed by atoms with van der Waals surface area (Å²) < 4.78 is 18.4. The Morgan fingerprint density at radius 1 is 1.00 bits per heavy atom. The number of benzene rings is 2. The summed E-state index contributed by atoms with van der Waals surface area (Å²) >= 11 is 0. The number of hydrogen-bond donors (Lipinski definition) is 0. The molecule has 0 radical (unpaired) electrons. The molecule has 1 aromatic heterocycles. The molecule has 3 aromatic rings. The van der Waals surface area contributed by atoms with E-state index in [1.54, 1.807) is 12.1 Å². The van der Waals surface area contributed by atoms with Crippen LogP contribution in [0.5, 0.6) is 0 Å². The minimum Gasteiger partial charge on any atom is -0.338 e. The first kappa shape index (κ1) is 18.3. The number of halogens is 1. The molecular formula is C21H21FN4O2. The molecule has 2 aromatic carbocycles. The zero-order chi connectivity index (χ0) is 19.3. The normalized spacial score (nSPS) is 15.4. The molecule has 0 spiro atoms. The van der Waals surface area contributed by atoms with Gasteiger partial charge < -0.3 is 9.42 Å². The quantitative estimate of drug-likeness (QED) is 0.695. The van der Waals surface area contributed by atoms with Crippen molar-refractivity contribution in [3.63, 3.8) is 0 Å². The fraction of sp³-hybridized carbons (Fsp3) is 0.286. The molecule has 1 aliphatic heterocycles. The van der Waals surface area contributed by atoms with Crippen molar-refractivity contribution in [3.05, 3.63) is 71.9 Å². The number of hydrogen-bond acceptors (Lipinski definition) is 5. The molecule has 0 atom stereocenters. The molecule has 4 rings (SSSR count). The maximum Gasteiger partial charge on any atom is 0.253 e. The van der Waals surface area contributed by atoms with Crippen molar-refractivity contribution in [3.8, 4) is 11.4 Å². The minimum atomic E-state index is -0.299. The number of aromatic nitrogens is 2. The molecule has 0 saturated carbocycles. The van der Waals surface area contributed by atoms with Crippen molar-refractivity contribution in [2.24, 2.45) is 0 Å². The van der Waals surface area contributed by atoms with Gasteiger partial charge in [-0.25, -0.2) is 4.39 Å². The molecule has 0 bridgehead atoms. The highest BCUT2D eigenvalue weighted by Gasteiger charge is 2.21. The number of carbonyl (C=O) groups is 1. The van der Waals surface area contributed by atoms with E-state index in [0.29, 0.717) is 30.4 Å². The predicted octanol–water partition coefficient (Wildman–Crippen LogP) is 3.22. The van der Waals surface area contributed by atoms with E-state index in [9.17, 15) is 9.18 Å². The van der Waals surface area contributed by atoms with Gasteiger partial charge in [0.2, 0.25) is 11.7 Å². The zero-order valence-electron chi connectivity index (χ0n) is 15.4. The average Bonchev–Trinajstić information content (AvgIpc) is 3.06. The Kier molecular flexibility index (Phi) is 5.43. The maximum absolute atomic E-state index is 13.1.